The van der Waals surface area contributed by atoms with Crippen LogP contribution in [-0.4, -0.2) is 29.6 Å². The zero-order valence-electron chi connectivity index (χ0n) is 10.8. The molecule has 0 spiro atoms. The molecule has 106 valence electrons. The smallest absolute Gasteiger partial charge is 0.450 e. The van der Waals surface area contributed by atoms with Crippen LogP contribution in [0.3, 0.4) is 0 Å². The molecule has 2 unspecified atom stereocenters. The van der Waals surface area contributed by atoms with Crippen molar-refractivity contribution in [1.82, 2.24) is 0 Å². The lowest BCUT2D eigenvalue weighted by Gasteiger charge is -2.27. The monoisotopic (exact) mass is 269 g/mol. The van der Waals surface area contributed by atoms with Gasteiger partial charge in [-0.2, -0.15) is 13.2 Å². The Hall–Kier alpha value is -1.11. The average molecular weight is 269 g/mol. The lowest BCUT2D eigenvalue weighted by atomic mass is 9.99. The topological polar surface area (TPSA) is 69.4 Å². The van der Waals surface area contributed by atoms with Gasteiger partial charge in [0.15, 0.2) is 5.60 Å². The first-order valence-electron chi connectivity index (χ1n) is 5.53. The van der Waals surface area contributed by atoms with Crippen molar-refractivity contribution in [1.29, 1.82) is 0 Å². The first kappa shape index (κ1) is 16.9. The molecule has 0 aromatic heterocycles. The maximum absolute atomic E-state index is 12.2. The summed E-state index contributed by atoms with van der Waals surface area (Å²) < 4.78 is 41.3. The number of rotatable bonds is 5. The third-order valence-corrected chi connectivity index (χ3v) is 2.69. The van der Waals surface area contributed by atoms with Crippen molar-refractivity contribution in [2.24, 2.45) is 11.7 Å². The number of alkyl halides is 3. The molecule has 0 aliphatic heterocycles. The second-order valence-corrected chi connectivity index (χ2v) is 4.67. The Kier molecular flexibility index (Phi) is 5.34. The predicted octanol–water partition coefficient (Wildman–Crippen LogP) is 1.81. The number of ether oxygens (including phenoxy) is 1. The zero-order valence-corrected chi connectivity index (χ0v) is 10.8. The maximum atomic E-state index is 12.2. The second-order valence-electron chi connectivity index (χ2n) is 4.67. The highest BCUT2D eigenvalue weighted by Crippen LogP contribution is 2.26. The first-order valence-corrected chi connectivity index (χ1v) is 5.53. The number of carbonyl (C=O) groups excluding carboxylic acids is 2. The molecule has 2 N–H and O–H groups in total. The van der Waals surface area contributed by atoms with Gasteiger partial charge in [0, 0.05) is 0 Å². The number of Topliss-reactive ketones (excluding diaryl/α,β-unsaturated/α-hetero) is 1. The van der Waals surface area contributed by atoms with Gasteiger partial charge in [-0.05, 0) is 19.8 Å². The van der Waals surface area contributed by atoms with E-state index in [1.165, 1.54) is 0 Å². The number of nitrogens with two attached hydrogens (primary N) is 1. The average Bonchev–Trinajstić information content (AvgIpc) is 2.23. The molecule has 2 atom stereocenters. The number of halogens is 3. The van der Waals surface area contributed by atoms with Gasteiger partial charge in [0.1, 0.15) is 6.04 Å². The van der Waals surface area contributed by atoms with Gasteiger partial charge < -0.3 is 10.5 Å². The molecule has 0 saturated carbocycles. The highest BCUT2D eigenvalue weighted by atomic mass is 19.4. The molecular weight excluding hydrogens is 251 g/mol. The molecule has 0 radical (unpaired) electrons. The van der Waals surface area contributed by atoms with Crippen LogP contribution in [0.25, 0.3) is 0 Å². The summed E-state index contributed by atoms with van der Waals surface area (Å²) in [6, 6.07) is -1.05. The Morgan fingerprint density at radius 1 is 1.28 bits per heavy atom. The summed E-state index contributed by atoms with van der Waals surface area (Å²) in [7, 11) is 0. The largest absolute Gasteiger partial charge is 0.454 e. The van der Waals surface area contributed by atoms with Crippen molar-refractivity contribution in [3.05, 3.63) is 0 Å². The van der Waals surface area contributed by atoms with E-state index in [0.29, 0.717) is 6.42 Å². The SMILES string of the molecule is CCC(C)C(N)C(=O)OC(C)(C)C(=O)C(F)(F)F. The van der Waals surface area contributed by atoms with E-state index >= 15 is 0 Å². The molecule has 7 heteroatoms. The summed E-state index contributed by atoms with van der Waals surface area (Å²) in [5.74, 6) is -3.36. The molecule has 0 aromatic carbocycles. The van der Waals surface area contributed by atoms with E-state index in [9.17, 15) is 22.8 Å². The molecule has 0 saturated heterocycles. The fourth-order valence-electron chi connectivity index (χ4n) is 1.19. The molecule has 0 rings (SSSR count). The van der Waals surface area contributed by atoms with Gasteiger partial charge in [-0.25, -0.2) is 0 Å². The molecule has 0 aromatic rings. The summed E-state index contributed by atoms with van der Waals surface area (Å²) in [5, 5.41) is 0. The van der Waals surface area contributed by atoms with E-state index in [0.717, 1.165) is 13.8 Å². The fourth-order valence-corrected chi connectivity index (χ4v) is 1.19. The predicted molar refractivity (Wildman–Crippen MR) is 58.7 cm³/mol. The number of ketones is 1. The van der Waals surface area contributed by atoms with Crippen molar-refractivity contribution in [3.63, 3.8) is 0 Å². The minimum absolute atomic E-state index is 0.241. The van der Waals surface area contributed by atoms with Crippen LogP contribution in [0.5, 0.6) is 0 Å². The molecule has 4 nitrogen and oxygen atoms in total. The fraction of sp³-hybridized carbons (Fsp3) is 0.818. The minimum Gasteiger partial charge on any atom is -0.450 e. The molecule has 0 amide bonds. The first-order chi connectivity index (χ1) is 7.93. The molecule has 0 fully saturated rings. The van der Waals surface area contributed by atoms with Crippen molar-refractivity contribution >= 4 is 11.8 Å². The second kappa shape index (κ2) is 5.69. The molecule has 18 heavy (non-hydrogen) atoms. The number of hydrogen-bond donors (Lipinski definition) is 1. The van der Waals surface area contributed by atoms with E-state index in [-0.39, 0.29) is 5.92 Å². The Morgan fingerprint density at radius 2 is 1.72 bits per heavy atom. The van der Waals surface area contributed by atoms with Gasteiger partial charge in [0.05, 0.1) is 0 Å². The van der Waals surface area contributed by atoms with Crippen LogP contribution in [0.2, 0.25) is 0 Å². The van der Waals surface area contributed by atoms with E-state index in [1.807, 2.05) is 0 Å². The van der Waals surface area contributed by atoms with E-state index in [2.05, 4.69) is 4.74 Å². The Labute approximate surface area is 104 Å². The van der Waals surface area contributed by atoms with Crippen molar-refractivity contribution < 1.29 is 27.5 Å². The van der Waals surface area contributed by atoms with Crippen LogP contribution in [0.1, 0.15) is 34.1 Å². The number of esters is 1. The van der Waals surface area contributed by atoms with Crippen LogP contribution >= 0.6 is 0 Å². The quantitative estimate of drug-likeness (QED) is 0.773. The molecule has 0 aliphatic rings. The molecule has 0 aliphatic carbocycles. The van der Waals surface area contributed by atoms with Crippen molar-refractivity contribution in [2.75, 3.05) is 0 Å². The van der Waals surface area contributed by atoms with Gasteiger partial charge in [0.2, 0.25) is 0 Å². The van der Waals surface area contributed by atoms with Crippen molar-refractivity contribution in [3.8, 4) is 0 Å². The van der Waals surface area contributed by atoms with Gasteiger partial charge in [-0.1, -0.05) is 20.3 Å². The Balaban J connectivity index is 4.79. The van der Waals surface area contributed by atoms with E-state index in [1.54, 1.807) is 13.8 Å². The van der Waals surface area contributed by atoms with Gasteiger partial charge >= 0.3 is 12.1 Å². The van der Waals surface area contributed by atoms with Gasteiger partial charge in [-0.15, -0.1) is 0 Å². The number of carbonyl (C=O) groups is 2. The highest BCUT2D eigenvalue weighted by molar-refractivity contribution is 5.93. The zero-order chi connectivity index (χ0) is 14.7. The van der Waals surface area contributed by atoms with Crippen LogP contribution in [0, 0.1) is 5.92 Å². The summed E-state index contributed by atoms with van der Waals surface area (Å²) in [6.45, 7) is 5.24. The summed E-state index contributed by atoms with van der Waals surface area (Å²) >= 11 is 0. The third-order valence-electron chi connectivity index (χ3n) is 2.69. The standard InChI is InChI=1S/C11H18F3NO3/c1-5-6(2)7(15)8(16)18-10(3,4)9(17)11(12,13)14/h6-7H,5,15H2,1-4H3. The van der Waals surface area contributed by atoms with Crippen LogP contribution < -0.4 is 5.73 Å². The van der Waals surface area contributed by atoms with Gasteiger partial charge in [-0.3, -0.25) is 9.59 Å². The summed E-state index contributed by atoms with van der Waals surface area (Å²) in [4.78, 5) is 22.6. The Morgan fingerprint density at radius 3 is 2.06 bits per heavy atom. The van der Waals surface area contributed by atoms with Crippen LogP contribution in [0.4, 0.5) is 13.2 Å². The molecular formula is C11H18F3NO3. The molecule has 0 heterocycles. The van der Waals surface area contributed by atoms with Gasteiger partial charge in [0.25, 0.3) is 5.78 Å². The van der Waals surface area contributed by atoms with Crippen LogP contribution in [-0.2, 0) is 14.3 Å². The van der Waals surface area contributed by atoms with E-state index < -0.39 is 29.6 Å². The highest BCUT2D eigenvalue weighted by Gasteiger charge is 2.50. The number of hydrogen-bond acceptors (Lipinski definition) is 4. The van der Waals surface area contributed by atoms with Crippen molar-refractivity contribution in [2.45, 2.75) is 51.9 Å². The third kappa shape index (κ3) is 4.29. The normalized spacial score (nSPS) is 16.0. The lowest BCUT2D eigenvalue weighted by molar-refractivity contribution is -0.195. The lowest BCUT2D eigenvalue weighted by Crippen LogP contribution is -2.49. The summed E-state index contributed by atoms with van der Waals surface area (Å²) in [6.07, 6.45) is -4.48. The maximum Gasteiger partial charge on any atom is 0.454 e. The summed E-state index contributed by atoms with van der Waals surface area (Å²) in [5.41, 5.74) is 3.26. The van der Waals surface area contributed by atoms with E-state index in [4.69, 9.17) is 5.73 Å². The van der Waals surface area contributed by atoms with Crippen LogP contribution in [0.15, 0.2) is 0 Å². The Bertz CT molecular complexity index is 326. The minimum atomic E-state index is -5.05. The molecule has 0 bridgehead atoms.